The summed E-state index contributed by atoms with van der Waals surface area (Å²) in [6.07, 6.45) is 1.88. The molecule has 1 saturated heterocycles. The molecule has 0 saturated carbocycles. The fourth-order valence-corrected chi connectivity index (χ4v) is 3.52. The minimum absolute atomic E-state index is 0.195. The number of nitrogens with zero attached hydrogens (tertiary/aromatic N) is 3. The molecule has 1 aliphatic rings. The number of hydrogen-bond donors (Lipinski definition) is 1. The third kappa shape index (κ3) is 4.21. The molecule has 0 radical (unpaired) electrons. The first-order chi connectivity index (χ1) is 11.3. The molecule has 1 aliphatic heterocycles. The molecule has 1 aromatic carbocycles. The van der Waals surface area contributed by atoms with Crippen LogP contribution in [0.3, 0.4) is 0 Å². The van der Waals surface area contributed by atoms with E-state index in [0.29, 0.717) is 10.6 Å². The minimum atomic E-state index is -0.782. The second kappa shape index (κ2) is 8.19. The van der Waals surface area contributed by atoms with Crippen LogP contribution in [0.5, 0.6) is 0 Å². The van der Waals surface area contributed by atoms with Gasteiger partial charge in [-0.1, -0.05) is 23.7 Å². The molecular formula is C17H22BrClN4O. The van der Waals surface area contributed by atoms with Crippen molar-refractivity contribution < 1.29 is 4.79 Å². The van der Waals surface area contributed by atoms with E-state index in [9.17, 15) is 10.1 Å². The van der Waals surface area contributed by atoms with Gasteiger partial charge in [0.25, 0.3) is 0 Å². The maximum Gasteiger partial charge on any atom is 0.318 e. The van der Waals surface area contributed by atoms with E-state index in [-0.39, 0.29) is 12.1 Å². The maximum absolute atomic E-state index is 12.5. The van der Waals surface area contributed by atoms with Gasteiger partial charge in [0, 0.05) is 23.1 Å². The topological polar surface area (TPSA) is 59.4 Å². The maximum atomic E-state index is 12.5. The zero-order chi connectivity index (χ0) is 17.9. The number of amides is 2. The lowest BCUT2D eigenvalue weighted by Crippen LogP contribution is -2.48. The van der Waals surface area contributed by atoms with Crippen LogP contribution in [0.2, 0.25) is 5.02 Å². The largest absolute Gasteiger partial charge is 0.325 e. The summed E-state index contributed by atoms with van der Waals surface area (Å²) in [4.78, 5) is 16.5. The SMILES string of the molecule is Cc1ccc(C(C#N)NC(=O)N(C)C2CCN(C)CC2)c(Cl)c1Br. The van der Waals surface area contributed by atoms with Gasteiger partial charge in [-0.05, 0) is 61.4 Å². The van der Waals surface area contributed by atoms with Crippen LogP contribution < -0.4 is 5.32 Å². The molecule has 7 heteroatoms. The summed E-state index contributed by atoms with van der Waals surface area (Å²) >= 11 is 9.75. The highest BCUT2D eigenvalue weighted by Crippen LogP contribution is 2.33. The molecule has 0 aliphatic carbocycles. The fourth-order valence-electron chi connectivity index (χ4n) is 2.84. The van der Waals surface area contributed by atoms with Crippen molar-refractivity contribution in [1.29, 1.82) is 5.26 Å². The van der Waals surface area contributed by atoms with Gasteiger partial charge in [-0.25, -0.2) is 4.79 Å². The van der Waals surface area contributed by atoms with Crippen LogP contribution in [0.15, 0.2) is 16.6 Å². The number of carbonyl (C=O) groups is 1. The Hall–Kier alpha value is -1.29. The number of benzene rings is 1. The smallest absolute Gasteiger partial charge is 0.318 e. The van der Waals surface area contributed by atoms with E-state index in [1.807, 2.05) is 13.0 Å². The first-order valence-corrected chi connectivity index (χ1v) is 9.08. The number of hydrogen-bond acceptors (Lipinski definition) is 3. The summed E-state index contributed by atoms with van der Waals surface area (Å²) in [5.74, 6) is 0. The van der Waals surface area contributed by atoms with E-state index in [0.717, 1.165) is 36.0 Å². The van der Waals surface area contributed by atoms with Crippen molar-refractivity contribution in [3.63, 3.8) is 0 Å². The highest BCUT2D eigenvalue weighted by Gasteiger charge is 2.26. The third-order valence-corrected chi connectivity index (χ3v) is 6.23. The van der Waals surface area contributed by atoms with Crippen LogP contribution >= 0.6 is 27.5 Å². The molecule has 0 bridgehead atoms. The van der Waals surface area contributed by atoms with E-state index >= 15 is 0 Å². The number of halogens is 2. The van der Waals surface area contributed by atoms with Crippen molar-refractivity contribution in [2.24, 2.45) is 0 Å². The Labute approximate surface area is 156 Å². The standard InChI is InChI=1S/C17H22BrClN4O/c1-11-4-5-13(16(19)15(11)18)14(10-20)21-17(24)23(3)12-6-8-22(2)9-7-12/h4-5,12,14H,6-9H2,1-3H3,(H,21,24). The Morgan fingerprint density at radius 3 is 2.71 bits per heavy atom. The van der Waals surface area contributed by atoms with Crippen LogP contribution in [0.4, 0.5) is 4.79 Å². The van der Waals surface area contributed by atoms with Crippen LogP contribution in [0, 0.1) is 18.3 Å². The quantitative estimate of drug-likeness (QED) is 0.822. The molecule has 1 fully saturated rings. The highest BCUT2D eigenvalue weighted by molar-refractivity contribution is 9.10. The van der Waals surface area contributed by atoms with Crippen LogP contribution in [-0.4, -0.2) is 49.1 Å². The second-order valence-electron chi connectivity index (χ2n) is 6.26. The number of aryl methyl sites for hydroxylation is 1. The lowest BCUT2D eigenvalue weighted by Gasteiger charge is -2.35. The summed E-state index contributed by atoms with van der Waals surface area (Å²) in [7, 11) is 3.87. The van der Waals surface area contributed by atoms with E-state index in [2.05, 4.69) is 39.3 Å². The first kappa shape index (κ1) is 19.0. The Kier molecular flexibility index (Phi) is 6.50. The summed E-state index contributed by atoms with van der Waals surface area (Å²) < 4.78 is 0.750. The number of piperidine rings is 1. The normalized spacial score (nSPS) is 17.2. The molecule has 0 aromatic heterocycles. The van der Waals surface area contributed by atoms with Crippen molar-refractivity contribution >= 4 is 33.6 Å². The molecule has 1 N–H and O–H groups in total. The number of urea groups is 1. The molecule has 0 spiro atoms. The van der Waals surface area contributed by atoms with Gasteiger partial charge in [-0.3, -0.25) is 0 Å². The van der Waals surface area contributed by atoms with Crippen LogP contribution in [0.1, 0.15) is 30.0 Å². The molecule has 5 nitrogen and oxygen atoms in total. The van der Waals surface area contributed by atoms with Crippen molar-refractivity contribution in [2.45, 2.75) is 31.8 Å². The van der Waals surface area contributed by atoms with Crippen LogP contribution in [-0.2, 0) is 0 Å². The van der Waals surface area contributed by atoms with Crippen molar-refractivity contribution in [3.8, 4) is 6.07 Å². The number of rotatable bonds is 3. The van der Waals surface area contributed by atoms with Gasteiger partial charge < -0.3 is 15.1 Å². The van der Waals surface area contributed by atoms with E-state index in [1.54, 1.807) is 18.0 Å². The Balaban J connectivity index is 2.09. The Morgan fingerprint density at radius 2 is 2.12 bits per heavy atom. The summed E-state index contributed by atoms with van der Waals surface area (Å²) in [5.41, 5.74) is 1.58. The predicted octanol–water partition coefficient (Wildman–Crippen LogP) is 3.71. The molecule has 2 amide bonds. The van der Waals surface area contributed by atoms with E-state index in [1.165, 1.54) is 0 Å². The molecular weight excluding hydrogens is 392 g/mol. The number of nitrogens with one attached hydrogen (secondary N) is 1. The van der Waals surface area contributed by atoms with Crippen LogP contribution in [0.25, 0.3) is 0 Å². The minimum Gasteiger partial charge on any atom is -0.325 e. The van der Waals surface area contributed by atoms with Gasteiger partial charge in [0.2, 0.25) is 0 Å². The van der Waals surface area contributed by atoms with E-state index in [4.69, 9.17) is 11.6 Å². The zero-order valence-corrected chi connectivity index (χ0v) is 16.5. The Bertz CT molecular complexity index is 653. The molecule has 1 aromatic rings. The van der Waals surface area contributed by atoms with Gasteiger partial charge in [0.05, 0.1) is 11.1 Å². The Morgan fingerprint density at radius 1 is 1.50 bits per heavy atom. The molecule has 1 atom stereocenters. The zero-order valence-electron chi connectivity index (χ0n) is 14.1. The first-order valence-electron chi connectivity index (χ1n) is 7.91. The second-order valence-corrected chi connectivity index (χ2v) is 7.43. The van der Waals surface area contributed by atoms with Crippen molar-refractivity contribution in [2.75, 3.05) is 27.2 Å². The lowest BCUT2D eigenvalue weighted by molar-refractivity contribution is 0.147. The van der Waals surface area contributed by atoms with Gasteiger partial charge in [-0.2, -0.15) is 5.26 Å². The van der Waals surface area contributed by atoms with Gasteiger partial charge in [-0.15, -0.1) is 0 Å². The number of nitriles is 1. The average molecular weight is 414 g/mol. The van der Waals surface area contributed by atoms with Gasteiger partial charge in [0.15, 0.2) is 0 Å². The highest BCUT2D eigenvalue weighted by atomic mass is 79.9. The third-order valence-electron chi connectivity index (χ3n) is 4.57. The van der Waals surface area contributed by atoms with E-state index < -0.39 is 6.04 Å². The predicted molar refractivity (Wildman–Crippen MR) is 99.1 cm³/mol. The lowest BCUT2D eigenvalue weighted by atomic mass is 10.0. The van der Waals surface area contributed by atoms with Gasteiger partial charge >= 0.3 is 6.03 Å². The fraction of sp³-hybridized carbons (Fsp3) is 0.529. The molecule has 130 valence electrons. The molecule has 1 heterocycles. The van der Waals surface area contributed by atoms with Gasteiger partial charge in [0.1, 0.15) is 6.04 Å². The summed E-state index contributed by atoms with van der Waals surface area (Å²) in [6.45, 7) is 3.87. The molecule has 24 heavy (non-hydrogen) atoms. The molecule has 2 rings (SSSR count). The molecule has 1 unspecified atom stereocenters. The number of likely N-dealkylation sites (tertiary alicyclic amines) is 1. The summed E-state index contributed by atoms with van der Waals surface area (Å²) in [5, 5.41) is 12.7. The average Bonchev–Trinajstić information content (AvgIpc) is 2.58. The summed E-state index contributed by atoms with van der Waals surface area (Å²) in [6, 6.07) is 4.96. The van der Waals surface area contributed by atoms with Crippen molar-refractivity contribution in [3.05, 3.63) is 32.8 Å². The van der Waals surface area contributed by atoms with Crippen molar-refractivity contribution in [1.82, 2.24) is 15.1 Å². The monoisotopic (exact) mass is 412 g/mol. The number of carbonyl (C=O) groups excluding carboxylic acids is 1.